The molecule has 0 aliphatic rings. The van der Waals surface area contributed by atoms with E-state index in [-0.39, 0.29) is 5.76 Å². The molecule has 0 saturated carbocycles. The molecule has 6 nitrogen and oxygen atoms in total. The predicted molar refractivity (Wildman–Crippen MR) is 97.3 cm³/mol. The van der Waals surface area contributed by atoms with E-state index in [0.717, 1.165) is 5.39 Å². The Morgan fingerprint density at radius 1 is 1.12 bits per heavy atom. The largest absolute Gasteiger partial charge is 0.492 e. The van der Waals surface area contributed by atoms with Crippen LogP contribution >= 0.6 is 0 Å². The van der Waals surface area contributed by atoms with Gasteiger partial charge >= 0.3 is 5.97 Å². The van der Waals surface area contributed by atoms with Gasteiger partial charge in [0.1, 0.15) is 11.3 Å². The third kappa shape index (κ3) is 3.85. The molecule has 0 bridgehead atoms. The number of nitrogens with one attached hydrogen (secondary N) is 1. The van der Waals surface area contributed by atoms with Crippen LogP contribution in [0.5, 0.6) is 5.75 Å². The van der Waals surface area contributed by atoms with Crippen molar-refractivity contribution < 1.29 is 23.5 Å². The van der Waals surface area contributed by atoms with Crippen LogP contribution < -0.4 is 10.1 Å². The van der Waals surface area contributed by atoms with E-state index in [2.05, 4.69) is 5.32 Å². The summed E-state index contributed by atoms with van der Waals surface area (Å²) in [5, 5.41) is 3.50. The van der Waals surface area contributed by atoms with Gasteiger partial charge in [0.15, 0.2) is 6.10 Å². The molecule has 1 aromatic heterocycles. The number of furan rings is 1. The van der Waals surface area contributed by atoms with Crippen LogP contribution in [0.1, 0.15) is 24.4 Å². The summed E-state index contributed by atoms with van der Waals surface area (Å²) < 4.78 is 16.1. The van der Waals surface area contributed by atoms with Crippen LogP contribution in [0.15, 0.2) is 59.0 Å². The van der Waals surface area contributed by atoms with Gasteiger partial charge in [0.2, 0.25) is 5.76 Å². The van der Waals surface area contributed by atoms with Gasteiger partial charge in [0, 0.05) is 5.39 Å². The van der Waals surface area contributed by atoms with Crippen molar-refractivity contribution in [1.29, 1.82) is 0 Å². The maximum Gasteiger partial charge on any atom is 0.375 e. The first kappa shape index (κ1) is 17.5. The third-order valence-electron chi connectivity index (χ3n) is 3.72. The molecule has 1 heterocycles. The molecule has 0 radical (unpaired) electrons. The SMILES string of the molecule is CCOc1ccccc1NC(=O)[C@@H](C)OC(=O)c1cc2ccccc2o1. The van der Waals surface area contributed by atoms with Gasteiger partial charge in [-0.15, -0.1) is 0 Å². The molecule has 0 aliphatic carbocycles. The highest BCUT2D eigenvalue weighted by Gasteiger charge is 2.22. The summed E-state index contributed by atoms with van der Waals surface area (Å²) in [5.41, 5.74) is 1.10. The zero-order chi connectivity index (χ0) is 18.5. The molecule has 26 heavy (non-hydrogen) atoms. The zero-order valence-corrected chi connectivity index (χ0v) is 14.5. The number of para-hydroxylation sites is 3. The second-order valence-electron chi connectivity index (χ2n) is 5.61. The van der Waals surface area contributed by atoms with E-state index in [9.17, 15) is 9.59 Å². The Morgan fingerprint density at radius 2 is 1.85 bits per heavy atom. The highest BCUT2D eigenvalue weighted by atomic mass is 16.6. The molecule has 0 aliphatic heterocycles. The molecule has 0 saturated heterocycles. The van der Waals surface area contributed by atoms with Gasteiger partial charge in [-0.05, 0) is 38.1 Å². The van der Waals surface area contributed by atoms with E-state index in [4.69, 9.17) is 13.9 Å². The van der Waals surface area contributed by atoms with Crippen molar-refractivity contribution in [1.82, 2.24) is 0 Å². The fourth-order valence-electron chi connectivity index (χ4n) is 2.44. The highest BCUT2D eigenvalue weighted by Crippen LogP contribution is 2.24. The monoisotopic (exact) mass is 353 g/mol. The van der Waals surface area contributed by atoms with Gasteiger partial charge in [-0.2, -0.15) is 0 Å². The number of amides is 1. The standard InChI is InChI=1S/C20H19NO5/c1-3-24-17-11-7-5-9-15(17)21-19(22)13(2)25-20(23)18-12-14-8-4-6-10-16(14)26-18/h4-13H,3H2,1-2H3,(H,21,22)/t13-/m1/s1. The number of ether oxygens (including phenoxy) is 2. The van der Waals surface area contributed by atoms with Crippen molar-refractivity contribution in [3.8, 4) is 5.75 Å². The van der Waals surface area contributed by atoms with Crippen LogP contribution in [0.3, 0.4) is 0 Å². The molecular weight excluding hydrogens is 334 g/mol. The molecule has 0 fully saturated rings. The van der Waals surface area contributed by atoms with Crippen LogP contribution in [0.2, 0.25) is 0 Å². The molecule has 1 amide bonds. The minimum Gasteiger partial charge on any atom is -0.492 e. The average molecular weight is 353 g/mol. The number of carbonyl (C=O) groups is 2. The Bertz CT molecular complexity index is 898. The minimum absolute atomic E-state index is 0.0561. The Labute approximate surface area is 150 Å². The van der Waals surface area contributed by atoms with Crippen LogP contribution in [0.25, 0.3) is 11.0 Å². The van der Waals surface area contributed by atoms with E-state index in [0.29, 0.717) is 23.6 Å². The second kappa shape index (κ2) is 7.74. The first-order valence-corrected chi connectivity index (χ1v) is 8.30. The van der Waals surface area contributed by atoms with E-state index in [1.807, 2.05) is 31.2 Å². The predicted octanol–water partition coefficient (Wildman–Crippen LogP) is 4.02. The molecule has 2 aromatic carbocycles. The minimum atomic E-state index is -0.995. The molecule has 0 unspecified atom stereocenters. The van der Waals surface area contributed by atoms with E-state index >= 15 is 0 Å². The van der Waals surface area contributed by atoms with Gasteiger partial charge in [-0.25, -0.2) is 4.79 Å². The lowest BCUT2D eigenvalue weighted by Gasteiger charge is -2.15. The number of esters is 1. The van der Waals surface area contributed by atoms with Gasteiger partial charge < -0.3 is 19.2 Å². The van der Waals surface area contributed by atoms with Crippen LogP contribution in [-0.4, -0.2) is 24.6 Å². The number of benzene rings is 2. The zero-order valence-electron chi connectivity index (χ0n) is 14.5. The summed E-state index contributed by atoms with van der Waals surface area (Å²) in [5.74, 6) is -0.539. The quantitative estimate of drug-likeness (QED) is 0.677. The van der Waals surface area contributed by atoms with Crippen LogP contribution in [0, 0.1) is 0 Å². The molecule has 1 N–H and O–H groups in total. The maximum atomic E-state index is 12.3. The van der Waals surface area contributed by atoms with Gasteiger partial charge in [-0.1, -0.05) is 30.3 Å². The average Bonchev–Trinajstić information content (AvgIpc) is 3.08. The topological polar surface area (TPSA) is 77.8 Å². The number of carbonyl (C=O) groups excluding carboxylic acids is 2. The smallest absolute Gasteiger partial charge is 0.375 e. The van der Waals surface area contributed by atoms with Crippen molar-refractivity contribution in [3.05, 3.63) is 60.4 Å². The van der Waals surface area contributed by atoms with Crippen LogP contribution in [-0.2, 0) is 9.53 Å². The maximum absolute atomic E-state index is 12.3. The van der Waals surface area contributed by atoms with Crippen molar-refractivity contribution in [2.45, 2.75) is 20.0 Å². The molecule has 0 spiro atoms. The summed E-state index contributed by atoms with van der Waals surface area (Å²) in [7, 11) is 0. The molecule has 1 atom stereocenters. The third-order valence-corrected chi connectivity index (χ3v) is 3.72. The summed E-state index contributed by atoms with van der Waals surface area (Å²) >= 11 is 0. The van der Waals surface area contributed by atoms with Gasteiger partial charge in [-0.3, -0.25) is 4.79 Å². The Kier molecular flexibility index (Phi) is 5.22. The number of rotatable bonds is 6. The first-order valence-electron chi connectivity index (χ1n) is 8.30. The summed E-state index contributed by atoms with van der Waals surface area (Å²) in [6.45, 7) is 3.83. The van der Waals surface area contributed by atoms with Crippen molar-refractivity contribution in [3.63, 3.8) is 0 Å². The molecule has 134 valence electrons. The number of hydrogen-bond donors (Lipinski definition) is 1. The fourth-order valence-corrected chi connectivity index (χ4v) is 2.44. The van der Waals surface area contributed by atoms with Crippen molar-refractivity contribution in [2.24, 2.45) is 0 Å². The van der Waals surface area contributed by atoms with E-state index < -0.39 is 18.0 Å². The molecular formula is C20H19NO5. The summed E-state index contributed by atoms with van der Waals surface area (Å²) in [6, 6.07) is 15.9. The Hall–Kier alpha value is -3.28. The normalized spacial score (nSPS) is 11.8. The molecule has 3 rings (SSSR count). The Balaban J connectivity index is 1.66. The van der Waals surface area contributed by atoms with Crippen molar-refractivity contribution in [2.75, 3.05) is 11.9 Å². The first-order chi connectivity index (χ1) is 12.6. The van der Waals surface area contributed by atoms with Gasteiger partial charge in [0.25, 0.3) is 5.91 Å². The second-order valence-corrected chi connectivity index (χ2v) is 5.61. The number of anilines is 1. The lowest BCUT2D eigenvalue weighted by molar-refractivity contribution is -0.123. The number of hydrogen-bond acceptors (Lipinski definition) is 5. The van der Waals surface area contributed by atoms with E-state index in [1.54, 1.807) is 30.3 Å². The molecule has 6 heteroatoms. The summed E-state index contributed by atoms with van der Waals surface area (Å²) in [6.07, 6.45) is -0.995. The molecule has 3 aromatic rings. The van der Waals surface area contributed by atoms with Gasteiger partial charge in [0.05, 0.1) is 12.3 Å². The lowest BCUT2D eigenvalue weighted by Crippen LogP contribution is -2.30. The highest BCUT2D eigenvalue weighted by molar-refractivity contribution is 5.98. The number of fused-ring (bicyclic) bond motifs is 1. The Morgan fingerprint density at radius 3 is 2.62 bits per heavy atom. The lowest BCUT2D eigenvalue weighted by atomic mass is 10.2. The summed E-state index contributed by atoms with van der Waals surface area (Å²) in [4.78, 5) is 24.6. The fraction of sp³-hybridized carbons (Fsp3) is 0.200. The van der Waals surface area contributed by atoms with Crippen LogP contribution in [0.4, 0.5) is 5.69 Å². The van der Waals surface area contributed by atoms with Crippen molar-refractivity contribution >= 4 is 28.5 Å². The van der Waals surface area contributed by atoms with E-state index in [1.165, 1.54) is 6.92 Å².